The predicted molar refractivity (Wildman–Crippen MR) is 87.0 cm³/mol. The third-order valence-electron chi connectivity index (χ3n) is 4.10. The van der Waals surface area contributed by atoms with E-state index < -0.39 is 5.60 Å². The van der Waals surface area contributed by atoms with E-state index in [9.17, 15) is 14.0 Å². The van der Waals surface area contributed by atoms with Gasteiger partial charge in [-0.3, -0.25) is 9.59 Å². The minimum absolute atomic E-state index is 0.143. The van der Waals surface area contributed by atoms with Crippen molar-refractivity contribution in [3.05, 3.63) is 30.1 Å². The van der Waals surface area contributed by atoms with Crippen molar-refractivity contribution >= 4 is 11.9 Å². The highest BCUT2D eigenvalue weighted by Crippen LogP contribution is 2.24. The van der Waals surface area contributed by atoms with Gasteiger partial charge in [-0.05, 0) is 57.9 Å². The Bertz CT molecular complexity index is 577. The summed E-state index contributed by atoms with van der Waals surface area (Å²) in [6, 6.07) is 5.58. The number of carbonyl (C=O) groups is 2. The topological polar surface area (TPSA) is 55.8 Å². The highest BCUT2D eigenvalue weighted by Gasteiger charge is 2.37. The van der Waals surface area contributed by atoms with E-state index in [1.54, 1.807) is 25.7 Å². The normalized spacial score (nSPS) is 15.9. The standard InChI is InChI=1S/C18H24FNO4/c1-4-23-16(21)13-9-11-20(12-10-13)17(22)18(2,3)24-15-7-5-14(19)6-8-15/h5-8,13H,4,9-12H2,1-3H3. The summed E-state index contributed by atoms with van der Waals surface area (Å²) in [6.07, 6.45) is 1.19. The zero-order valence-electron chi connectivity index (χ0n) is 14.4. The molecule has 0 aliphatic carbocycles. The first kappa shape index (κ1) is 18.2. The molecule has 0 aromatic heterocycles. The molecule has 5 nitrogen and oxygen atoms in total. The lowest BCUT2D eigenvalue weighted by Crippen LogP contribution is -2.51. The fraction of sp³-hybridized carbons (Fsp3) is 0.556. The highest BCUT2D eigenvalue weighted by atomic mass is 19.1. The van der Waals surface area contributed by atoms with Crippen molar-refractivity contribution in [3.63, 3.8) is 0 Å². The first-order valence-corrected chi connectivity index (χ1v) is 8.24. The Morgan fingerprint density at radius 2 is 1.79 bits per heavy atom. The van der Waals surface area contributed by atoms with Crippen LogP contribution >= 0.6 is 0 Å². The molecule has 0 N–H and O–H groups in total. The summed E-state index contributed by atoms with van der Waals surface area (Å²) in [4.78, 5) is 26.2. The van der Waals surface area contributed by atoms with Gasteiger partial charge in [0.1, 0.15) is 11.6 Å². The first-order valence-electron chi connectivity index (χ1n) is 8.24. The average Bonchev–Trinajstić information content (AvgIpc) is 2.56. The summed E-state index contributed by atoms with van der Waals surface area (Å²) >= 11 is 0. The van der Waals surface area contributed by atoms with Crippen LogP contribution in [-0.2, 0) is 14.3 Å². The Labute approximate surface area is 141 Å². The van der Waals surface area contributed by atoms with Gasteiger partial charge in [-0.15, -0.1) is 0 Å². The third-order valence-corrected chi connectivity index (χ3v) is 4.10. The number of carbonyl (C=O) groups excluding carboxylic acids is 2. The van der Waals surface area contributed by atoms with Crippen molar-refractivity contribution in [2.75, 3.05) is 19.7 Å². The van der Waals surface area contributed by atoms with E-state index in [1.807, 2.05) is 0 Å². The minimum atomic E-state index is -1.06. The first-order chi connectivity index (χ1) is 11.3. The van der Waals surface area contributed by atoms with E-state index in [0.29, 0.717) is 38.3 Å². The van der Waals surface area contributed by atoms with Gasteiger partial charge in [0.2, 0.25) is 0 Å². The summed E-state index contributed by atoms with van der Waals surface area (Å²) in [5.41, 5.74) is -1.06. The summed E-state index contributed by atoms with van der Waals surface area (Å²) in [5.74, 6) is -0.389. The third kappa shape index (κ3) is 4.46. The SMILES string of the molecule is CCOC(=O)C1CCN(C(=O)C(C)(C)Oc2ccc(F)cc2)CC1. The van der Waals surface area contributed by atoms with Crippen molar-refractivity contribution in [1.29, 1.82) is 0 Å². The van der Waals surface area contributed by atoms with Crippen LogP contribution < -0.4 is 4.74 Å². The molecule has 0 bridgehead atoms. The van der Waals surface area contributed by atoms with E-state index in [0.717, 1.165) is 0 Å². The van der Waals surface area contributed by atoms with Crippen LogP contribution in [0.3, 0.4) is 0 Å². The highest BCUT2D eigenvalue weighted by molar-refractivity contribution is 5.85. The second-order valence-electron chi connectivity index (χ2n) is 6.38. The number of esters is 1. The van der Waals surface area contributed by atoms with Gasteiger partial charge >= 0.3 is 5.97 Å². The fourth-order valence-corrected chi connectivity index (χ4v) is 2.80. The number of piperidine rings is 1. The van der Waals surface area contributed by atoms with Gasteiger partial charge < -0.3 is 14.4 Å². The maximum absolute atomic E-state index is 13.0. The number of amides is 1. The second kappa shape index (κ2) is 7.64. The minimum Gasteiger partial charge on any atom is -0.478 e. The number of nitrogens with zero attached hydrogens (tertiary/aromatic N) is 1. The van der Waals surface area contributed by atoms with Crippen LogP contribution in [0.1, 0.15) is 33.6 Å². The summed E-state index contributed by atoms with van der Waals surface area (Å²) in [5, 5.41) is 0. The largest absolute Gasteiger partial charge is 0.478 e. The molecule has 132 valence electrons. The molecule has 2 rings (SSSR count). The van der Waals surface area contributed by atoms with Gasteiger partial charge in [-0.25, -0.2) is 4.39 Å². The molecule has 1 saturated heterocycles. The molecule has 24 heavy (non-hydrogen) atoms. The van der Waals surface area contributed by atoms with E-state index in [2.05, 4.69) is 0 Å². The van der Waals surface area contributed by atoms with Crippen LogP contribution in [0.15, 0.2) is 24.3 Å². The molecule has 0 saturated carbocycles. The molecule has 1 heterocycles. The van der Waals surface area contributed by atoms with Gasteiger partial charge in [0.25, 0.3) is 5.91 Å². The van der Waals surface area contributed by atoms with Crippen LogP contribution in [0.2, 0.25) is 0 Å². The molecule has 1 aromatic carbocycles. The van der Waals surface area contributed by atoms with Gasteiger partial charge in [0.05, 0.1) is 12.5 Å². The van der Waals surface area contributed by atoms with Crippen LogP contribution in [0.25, 0.3) is 0 Å². The van der Waals surface area contributed by atoms with Crippen LogP contribution in [0, 0.1) is 11.7 Å². The molecule has 1 aliphatic rings. The number of benzene rings is 1. The fourth-order valence-electron chi connectivity index (χ4n) is 2.80. The van der Waals surface area contributed by atoms with Crippen molar-refractivity contribution in [2.45, 2.75) is 39.2 Å². The van der Waals surface area contributed by atoms with E-state index in [-0.39, 0.29) is 23.6 Å². The second-order valence-corrected chi connectivity index (χ2v) is 6.38. The average molecular weight is 337 g/mol. The lowest BCUT2D eigenvalue weighted by molar-refractivity contribution is -0.154. The van der Waals surface area contributed by atoms with Gasteiger partial charge in [-0.2, -0.15) is 0 Å². The molecule has 1 amide bonds. The lowest BCUT2D eigenvalue weighted by atomic mass is 9.95. The zero-order valence-corrected chi connectivity index (χ0v) is 14.4. The monoisotopic (exact) mass is 337 g/mol. The van der Waals surface area contributed by atoms with Crippen LogP contribution in [0.4, 0.5) is 4.39 Å². The van der Waals surface area contributed by atoms with E-state index >= 15 is 0 Å². The smallest absolute Gasteiger partial charge is 0.309 e. The van der Waals surface area contributed by atoms with Gasteiger partial charge in [0.15, 0.2) is 5.60 Å². The van der Waals surface area contributed by atoms with E-state index in [4.69, 9.17) is 9.47 Å². The summed E-state index contributed by atoms with van der Waals surface area (Å²) < 4.78 is 23.7. The number of hydrogen-bond donors (Lipinski definition) is 0. The quantitative estimate of drug-likeness (QED) is 0.775. The number of hydrogen-bond acceptors (Lipinski definition) is 4. The number of halogens is 1. The van der Waals surface area contributed by atoms with Crippen LogP contribution in [0.5, 0.6) is 5.75 Å². The molecule has 0 unspecified atom stereocenters. The number of ether oxygens (including phenoxy) is 2. The van der Waals surface area contributed by atoms with Crippen LogP contribution in [-0.4, -0.2) is 42.1 Å². The Hall–Kier alpha value is -2.11. The maximum Gasteiger partial charge on any atom is 0.309 e. The Balaban J connectivity index is 1.93. The van der Waals surface area contributed by atoms with Crippen molar-refractivity contribution in [2.24, 2.45) is 5.92 Å². The number of rotatable bonds is 5. The molecule has 0 spiro atoms. The van der Waals surface area contributed by atoms with Gasteiger partial charge in [-0.1, -0.05) is 0 Å². The predicted octanol–water partition coefficient (Wildman–Crippen LogP) is 2.78. The molecular weight excluding hydrogens is 313 g/mol. The lowest BCUT2D eigenvalue weighted by Gasteiger charge is -2.36. The summed E-state index contributed by atoms with van der Waals surface area (Å²) in [6.45, 7) is 6.53. The summed E-state index contributed by atoms with van der Waals surface area (Å²) in [7, 11) is 0. The Kier molecular flexibility index (Phi) is 5.80. The molecule has 6 heteroatoms. The maximum atomic E-state index is 13.0. The molecule has 1 aromatic rings. The van der Waals surface area contributed by atoms with Gasteiger partial charge in [0, 0.05) is 13.1 Å². The Morgan fingerprint density at radius 1 is 1.21 bits per heavy atom. The van der Waals surface area contributed by atoms with E-state index in [1.165, 1.54) is 24.3 Å². The Morgan fingerprint density at radius 3 is 2.33 bits per heavy atom. The van der Waals surface area contributed by atoms with Crippen molar-refractivity contribution in [3.8, 4) is 5.75 Å². The molecule has 1 fully saturated rings. The molecule has 0 atom stereocenters. The molecular formula is C18H24FNO4. The number of likely N-dealkylation sites (tertiary alicyclic amines) is 1. The molecule has 0 radical (unpaired) electrons. The zero-order chi connectivity index (χ0) is 17.7. The van der Waals surface area contributed by atoms with Crippen molar-refractivity contribution in [1.82, 2.24) is 4.90 Å². The molecule has 1 aliphatic heterocycles. The van der Waals surface area contributed by atoms with Crippen molar-refractivity contribution < 1.29 is 23.5 Å².